The van der Waals surface area contributed by atoms with Crippen LogP contribution in [-0.2, 0) is 23.5 Å². The van der Waals surface area contributed by atoms with E-state index >= 15 is 0 Å². The average molecular weight is 672 g/mol. The molecule has 0 spiro atoms. The summed E-state index contributed by atoms with van der Waals surface area (Å²) in [6.07, 6.45) is -5.63. The predicted octanol–water partition coefficient (Wildman–Crippen LogP) is 5.95. The van der Waals surface area contributed by atoms with Crippen molar-refractivity contribution in [1.29, 1.82) is 0 Å². The Balaban J connectivity index is 0.00000337. The zero-order valence-electron chi connectivity index (χ0n) is 24.5. The van der Waals surface area contributed by atoms with Gasteiger partial charge < -0.3 is 9.64 Å². The number of aryl methyl sites for hydroxylation is 2. The summed E-state index contributed by atoms with van der Waals surface area (Å²) in [4.78, 5) is 17.1. The van der Waals surface area contributed by atoms with Crippen LogP contribution in [0.3, 0.4) is 0 Å². The van der Waals surface area contributed by atoms with Crippen molar-refractivity contribution in [2.75, 3.05) is 59.0 Å². The Morgan fingerprint density at radius 1 is 0.886 bits per heavy atom. The minimum atomic E-state index is -5.03. The van der Waals surface area contributed by atoms with Gasteiger partial charge in [-0.15, -0.1) is 24.8 Å². The molecule has 246 valence electrons. The summed E-state index contributed by atoms with van der Waals surface area (Å²) in [5.41, 5.74) is 2.79. The molecule has 0 aromatic heterocycles. The van der Waals surface area contributed by atoms with E-state index in [0.29, 0.717) is 57.9 Å². The molecule has 4 rings (SSSR count). The first-order valence-electron chi connectivity index (χ1n) is 13.9. The van der Waals surface area contributed by atoms with Crippen LogP contribution in [0.25, 0.3) is 0 Å². The maximum Gasteiger partial charge on any atom is 0.416 e. The Kier molecular flexibility index (Phi) is 14.0. The van der Waals surface area contributed by atoms with Crippen LogP contribution in [0.5, 0.6) is 0 Å². The van der Waals surface area contributed by atoms with Crippen molar-refractivity contribution in [3.05, 3.63) is 81.9 Å². The van der Waals surface area contributed by atoms with E-state index in [0.717, 1.165) is 29.8 Å². The number of amides is 1. The van der Waals surface area contributed by atoms with E-state index in [9.17, 15) is 31.1 Å². The molecule has 1 atom stereocenters. The molecule has 2 heterocycles. The lowest BCUT2D eigenvalue weighted by molar-refractivity contribution is -0.143. The highest BCUT2D eigenvalue weighted by molar-refractivity contribution is 5.95. The summed E-state index contributed by atoms with van der Waals surface area (Å²) in [6, 6.07) is 6.53. The fraction of sp³-hybridized carbons (Fsp3) is 0.500. The standard InChI is InChI=1S/C30H36F6N4O2.2ClH/c1-21-5-6-23(15-22(21)2)16-27-20-38(8-4-3-7-37-39-11-13-42-14-12-39)9-10-40(27)28(41)24-17-25(29(31,32)33)19-26(18-24)30(34,35)36;;/h3-6,15,17-19,27,37H,7-14,16,20H2,1-2H3;2*1H/b4-3+;;/t27-;;/m1../s1. The fourth-order valence-electron chi connectivity index (χ4n) is 5.18. The molecule has 2 aliphatic rings. The molecule has 44 heavy (non-hydrogen) atoms. The Bertz CT molecular complexity index is 1240. The Labute approximate surface area is 266 Å². The molecule has 2 aromatic rings. The lowest BCUT2D eigenvalue weighted by atomic mass is 9.97. The zero-order chi connectivity index (χ0) is 30.5. The molecule has 0 saturated carbocycles. The molecule has 2 saturated heterocycles. The molecule has 0 radical (unpaired) electrons. The van der Waals surface area contributed by atoms with Gasteiger partial charge in [-0.3, -0.25) is 15.1 Å². The highest BCUT2D eigenvalue weighted by Gasteiger charge is 2.39. The van der Waals surface area contributed by atoms with Gasteiger partial charge in [0.1, 0.15) is 0 Å². The van der Waals surface area contributed by atoms with Gasteiger partial charge in [0.2, 0.25) is 0 Å². The fourth-order valence-corrected chi connectivity index (χ4v) is 5.18. The second kappa shape index (κ2) is 16.3. The van der Waals surface area contributed by atoms with E-state index in [4.69, 9.17) is 4.74 Å². The third kappa shape index (κ3) is 10.3. The smallest absolute Gasteiger partial charge is 0.379 e. The van der Waals surface area contributed by atoms with Gasteiger partial charge in [0, 0.05) is 57.4 Å². The quantitative estimate of drug-likeness (QED) is 0.278. The zero-order valence-corrected chi connectivity index (χ0v) is 26.1. The summed E-state index contributed by atoms with van der Waals surface area (Å²) >= 11 is 0. The molecule has 0 unspecified atom stereocenters. The Morgan fingerprint density at radius 3 is 2.11 bits per heavy atom. The molecule has 6 nitrogen and oxygen atoms in total. The molecular weight excluding hydrogens is 633 g/mol. The van der Waals surface area contributed by atoms with Gasteiger partial charge in [-0.25, -0.2) is 5.01 Å². The molecule has 2 aromatic carbocycles. The van der Waals surface area contributed by atoms with Crippen molar-refractivity contribution in [1.82, 2.24) is 20.2 Å². The number of ether oxygens (including phenoxy) is 1. The summed E-state index contributed by atoms with van der Waals surface area (Å²) in [7, 11) is 0. The number of carbonyl (C=O) groups is 1. The number of nitrogens with zero attached hydrogens (tertiary/aromatic N) is 3. The number of halogens is 8. The van der Waals surface area contributed by atoms with Crippen LogP contribution in [0.4, 0.5) is 26.3 Å². The third-order valence-corrected chi connectivity index (χ3v) is 7.68. The number of piperazine rings is 1. The summed E-state index contributed by atoms with van der Waals surface area (Å²) in [5, 5.41) is 2.09. The number of benzene rings is 2. The molecule has 1 amide bonds. The van der Waals surface area contributed by atoms with Crippen molar-refractivity contribution in [2.24, 2.45) is 0 Å². The van der Waals surface area contributed by atoms with Crippen molar-refractivity contribution >= 4 is 30.7 Å². The Hall–Kier alpha value is -2.35. The van der Waals surface area contributed by atoms with Crippen molar-refractivity contribution < 1.29 is 35.9 Å². The number of hydrazine groups is 1. The van der Waals surface area contributed by atoms with Crippen molar-refractivity contribution in [3.8, 4) is 0 Å². The minimum absolute atomic E-state index is 0. The third-order valence-electron chi connectivity index (χ3n) is 7.68. The van der Waals surface area contributed by atoms with Crippen LogP contribution in [0.15, 0.2) is 48.6 Å². The summed E-state index contributed by atoms with van der Waals surface area (Å²) in [5.74, 6) is -0.842. The number of hydrogen-bond donors (Lipinski definition) is 1. The maximum absolute atomic E-state index is 13.6. The Morgan fingerprint density at radius 2 is 1.52 bits per heavy atom. The number of rotatable bonds is 8. The van der Waals surface area contributed by atoms with Gasteiger partial charge in [0.25, 0.3) is 5.91 Å². The van der Waals surface area contributed by atoms with Gasteiger partial charge in [0.05, 0.1) is 24.3 Å². The van der Waals surface area contributed by atoms with Crippen molar-refractivity contribution in [3.63, 3.8) is 0 Å². The van der Waals surface area contributed by atoms with E-state index in [1.807, 2.05) is 44.2 Å². The summed E-state index contributed by atoms with van der Waals surface area (Å²) < 4.78 is 86.3. The predicted molar refractivity (Wildman–Crippen MR) is 161 cm³/mol. The number of alkyl halides is 6. The van der Waals surface area contributed by atoms with Crippen LogP contribution in [0.2, 0.25) is 0 Å². The van der Waals surface area contributed by atoms with E-state index < -0.39 is 41.0 Å². The highest BCUT2D eigenvalue weighted by Crippen LogP contribution is 2.37. The van der Waals surface area contributed by atoms with Gasteiger partial charge in [0.15, 0.2) is 0 Å². The maximum atomic E-state index is 13.6. The number of hydrogen-bond acceptors (Lipinski definition) is 5. The van der Waals surface area contributed by atoms with E-state index in [2.05, 4.69) is 15.3 Å². The molecule has 2 fully saturated rings. The highest BCUT2D eigenvalue weighted by atomic mass is 35.5. The molecule has 0 bridgehead atoms. The van der Waals surface area contributed by atoms with Gasteiger partial charge in [-0.2, -0.15) is 26.3 Å². The SMILES string of the molecule is Cc1ccc(C[C@@H]2CN(C/C=C/CNN3CCOCC3)CCN2C(=O)c2cc(C(F)(F)F)cc(C(F)(F)F)c2)cc1C.Cl.Cl. The van der Waals surface area contributed by atoms with Crippen LogP contribution < -0.4 is 5.43 Å². The molecule has 2 aliphatic heterocycles. The normalized spacial score (nSPS) is 18.6. The van der Waals surface area contributed by atoms with Crippen LogP contribution in [-0.4, -0.2) is 85.8 Å². The van der Waals surface area contributed by atoms with E-state index in [1.54, 1.807) is 0 Å². The monoisotopic (exact) mass is 670 g/mol. The largest absolute Gasteiger partial charge is 0.416 e. The lowest BCUT2D eigenvalue weighted by Crippen LogP contribution is -2.56. The van der Waals surface area contributed by atoms with Crippen LogP contribution in [0, 0.1) is 13.8 Å². The van der Waals surface area contributed by atoms with Gasteiger partial charge >= 0.3 is 12.4 Å². The second-order valence-corrected chi connectivity index (χ2v) is 10.8. The van der Waals surface area contributed by atoms with Crippen LogP contribution in [0.1, 0.15) is 38.2 Å². The number of nitrogens with one attached hydrogen (secondary N) is 1. The lowest BCUT2D eigenvalue weighted by Gasteiger charge is -2.41. The second-order valence-electron chi connectivity index (χ2n) is 10.8. The van der Waals surface area contributed by atoms with Crippen LogP contribution >= 0.6 is 24.8 Å². The molecule has 14 heteroatoms. The van der Waals surface area contributed by atoms with Gasteiger partial charge in [-0.05, 0) is 55.2 Å². The first-order valence-corrected chi connectivity index (χ1v) is 13.9. The number of morpholine rings is 1. The van der Waals surface area contributed by atoms with E-state index in [-0.39, 0.29) is 37.4 Å². The van der Waals surface area contributed by atoms with E-state index in [1.165, 1.54) is 4.90 Å². The molecule has 0 aliphatic carbocycles. The van der Waals surface area contributed by atoms with Crippen molar-refractivity contribution in [2.45, 2.75) is 38.7 Å². The average Bonchev–Trinajstić information content (AvgIpc) is 2.94. The number of carbonyl (C=O) groups excluding carboxylic acids is 1. The first kappa shape index (κ1) is 37.8. The minimum Gasteiger partial charge on any atom is -0.379 e. The molecule has 1 N–H and O–H groups in total. The molecular formula is C30H38Cl2F6N4O2. The summed E-state index contributed by atoms with van der Waals surface area (Å²) in [6.45, 7) is 9.17. The topological polar surface area (TPSA) is 48.0 Å². The first-order chi connectivity index (χ1) is 19.8. The van der Waals surface area contributed by atoms with Gasteiger partial charge in [-0.1, -0.05) is 30.4 Å².